The summed E-state index contributed by atoms with van der Waals surface area (Å²) in [5.41, 5.74) is 3.39. The number of hydrogen-bond donors (Lipinski definition) is 0. The number of ether oxygens (including phenoxy) is 1. The normalized spacial score (nSPS) is 14.6. The Kier molecular flexibility index (Phi) is 6.65. The van der Waals surface area contributed by atoms with Gasteiger partial charge in [-0.25, -0.2) is 4.68 Å². The molecule has 4 aromatic rings. The minimum absolute atomic E-state index is 0.150. The van der Waals surface area contributed by atoms with Crippen LogP contribution in [0.5, 0.6) is 5.75 Å². The number of aromatic nitrogens is 2. The Labute approximate surface area is 212 Å². The first-order chi connectivity index (χ1) is 17.1. The number of thiocarbonyl (C=S) groups is 1. The Bertz CT molecular complexity index is 1390. The predicted octanol–water partition coefficient (Wildman–Crippen LogP) is 6.10. The highest BCUT2D eigenvalue weighted by Gasteiger charge is 2.33. The maximum Gasteiger partial charge on any atom is 0.266 e. The Morgan fingerprint density at radius 3 is 2.60 bits per heavy atom. The van der Waals surface area contributed by atoms with Crippen molar-refractivity contribution in [1.82, 2.24) is 14.7 Å². The lowest BCUT2D eigenvalue weighted by Crippen LogP contribution is -2.27. The molecule has 1 fully saturated rings. The molecule has 0 saturated carbocycles. The van der Waals surface area contributed by atoms with Gasteiger partial charge in [0.05, 0.1) is 29.1 Å². The molecule has 3 heterocycles. The van der Waals surface area contributed by atoms with Crippen LogP contribution in [-0.4, -0.2) is 31.5 Å². The molecular weight excluding hydrogens is 478 g/mol. The van der Waals surface area contributed by atoms with Gasteiger partial charge in [-0.2, -0.15) is 5.10 Å². The van der Waals surface area contributed by atoms with E-state index in [0.717, 1.165) is 28.3 Å². The standard InChI is InChI=1S/C27H21N3O3S2/c1-2-14-32-22-12-10-19(11-13-22)25-20(17-30(28-25)21-7-4-3-5-8-21)16-24-26(31)29(27(34)35-24)18-23-9-6-15-33-23/h2-13,15-17H,1,14,18H2/b24-16-. The Morgan fingerprint density at radius 1 is 1.09 bits per heavy atom. The molecule has 0 spiro atoms. The Morgan fingerprint density at radius 2 is 1.89 bits per heavy atom. The molecule has 2 aromatic carbocycles. The van der Waals surface area contributed by atoms with E-state index < -0.39 is 0 Å². The van der Waals surface area contributed by atoms with Crippen LogP contribution >= 0.6 is 24.0 Å². The van der Waals surface area contributed by atoms with Gasteiger partial charge in [-0.05, 0) is 54.6 Å². The molecule has 1 amide bonds. The number of para-hydroxylation sites is 1. The first kappa shape index (κ1) is 22.9. The van der Waals surface area contributed by atoms with Crippen molar-refractivity contribution in [1.29, 1.82) is 0 Å². The van der Waals surface area contributed by atoms with E-state index in [0.29, 0.717) is 28.1 Å². The summed E-state index contributed by atoms with van der Waals surface area (Å²) in [5, 5.41) is 4.84. The number of benzene rings is 2. The molecule has 0 radical (unpaired) electrons. The summed E-state index contributed by atoms with van der Waals surface area (Å²) >= 11 is 6.76. The maximum atomic E-state index is 13.2. The predicted molar refractivity (Wildman–Crippen MR) is 142 cm³/mol. The van der Waals surface area contributed by atoms with Gasteiger partial charge in [0.25, 0.3) is 5.91 Å². The quantitative estimate of drug-likeness (QED) is 0.166. The van der Waals surface area contributed by atoms with E-state index in [1.165, 1.54) is 11.8 Å². The van der Waals surface area contributed by atoms with Crippen molar-refractivity contribution in [3.8, 4) is 22.7 Å². The lowest BCUT2D eigenvalue weighted by molar-refractivity contribution is -0.122. The van der Waals surface area contributed by atoms with Crippen LogP contribution in [0.25, 0.3) is 23.0 Å². The average Bonchev–Trinajstić information content (AvgIpc) is 3.61. The van der Waals surface area contributed by atoms with Gasteiger partial charge in [-0.3, -0.25) is 9.69 Å². The lowest BCUT2D eigenvalue weighted by atomic mass is 10.1. The number of hydrogen-bond acceptors (Lipinski definition) is 6. The average molecular weight is 500 g/mol. The zero-order chi connectivity index (χ0) is 24.2. The third-order valence-electron chi connectivity index (χ3n) is 5.31. The molecular formula is C27H21N3O3S2. The molecule has 2 aromatic heterocycles. The first-order valence-corrected chi connectivity index (χ1v) is 12.1. The van der Waals surface area contributed by atoms with Crippen LogP contribution in [0.2, 0.25) is 0 Å². The summed E-state index contributed by atoms with van der Waals surface area (Å²) in [6, 6.07) is 21.2. The van der Waals surface area contributed by atoms with Crippen molar-refractivity contribution in [2.75, 3.05) is 6.61 Å². The van der Waals surface area contributed by atoms with Gasteiger partial charge in [0.1, 0.15) is 22.4 Å². The smallest absolute Gasteiger partial charge is 0.266 e. The van der Waals surface area contributed by atoms with Crippen LogP contribution in [0.3, 0.4) is 0 Å². The second kappa shape index (κ2) is 10.2. The van der Waals surface area contributed by atoms with Crippen molar-refractivity contribution in [2.24, 2.45) is 0 Å². The molecule has 5 rings (SSSR count). The molecule has 1 aliphatic heterocycles. The van der Waals surface area contributed by atoms with Gasteiger partial charge in [0, 0.05) is 17.3 Å². The fourth-order valence-electron chi connectivity index (χ4n) is 3.63. The summed E-state index contributed by atoms with van der Waals surface area (Å²) < 4.78 is 13.3. The topological polar surface area (TPSA) is 60.5 Å². The number of amides is 1. The Balaban J connectivity index is 1.50. The molecule has 1 saturated heterocycles. The molecule has 0 atom stereocenters. The summed E-state index contributed by atoms with van der Waals surface area (Å²) in [7, 11) is 0. The third-order valence-corrected chi connectivity index (χ3v) is 6.69. The van der Waals surface area contributed by atoms with E-state index in [4.69, 9.17) is 26.5 Å². The number of carbonyl (C=O) groups excluding carboxylic acids is 1. The largest absolute Gasteiger partial charge is 0.490 e. The van der Waals surface area contributed by atoms with Gasteiger partial charge in [0.2, 0.25) is 0 Å². The second-order valence-electron chi connectivity index (χ2n) is 7.68. The minimum Gasteiger partial charge on any atom is -0.490 e. The van der Waals surface area contributed by atoms with Gasteiger partial charge >= 0.3 is 0 Å². The van der Waals surface area contributed by atoms with E-state index in [-0.39, 0.29) is 5.91 Å². The summed E-state index contributed by atoms with van der Waals surface area (Å²) in [4.78, 5) is 15.3. The summed E-state index contributed by atoms with van der Waals surface area (Å²) in [5.74, 6) is 1.28. The van der Waals surface area contributed by atoms with Gasteiger partial charge in [0.15, 0.2) is 0 Å². The van der Waals surface area contributed by atoms with Crippen molar-refractivity contribution in [3.05, 3.63) is 108 Å². The van der Waals surface area contributed by atoms with E-state index in [2.05, 4.69) is 6.58 Å². The number of thioether (sulfide) groups is 1. The third kappa shape index (κ3) is 4.99. The second-order valence-corrected chi connectivity index (χ2v) is 9.36. The van der Waals surface area contributed by atoms with E-state index in [9.17, 15) is 4.79 Å². The molecule has 6 nitrogen and oxygen atoms in total. The first-order valence-electron chi connectivity index (χ1n) is 10.9. The highest BCUT2D eigenvalue weighted by Crippen LogP contribution is 2.36. The van der Waals surface area contributed by atoms with Crippen LogP contribution in [0.4, 0.5) is 0 Å². The lowest BCUT2D eigenvalue weighted by Gasteiger charge is -2.11. The molecule has 0 N–H and O–H groups in total. The van der Waals surface area contributed by atoms with Crippen molar-refractivity contribution in [3.63, 3.8) is 0 Å². The highest BCUT2D eigenvalue weighted by atomic mass is 32.2. The number of carbonyl (C=O) groups is 1. The van der Waals surface area contributed by atoms with Crippen molar-refractivity contribution < 1.29 is 13.9 Å². The zero-order valence-electron chi connectivity index (χ0n) is 18.7. The molecule has 8 heteroatoms. The molecule has 0 bridgehead atoms. The number of nitrogens with zero attached hydrogens (tertiary/aromatic N) is 3. The number of rotatable bonds is 8. The molecule has 0 aliphatic carbocycles. The SMILES string of the molecule is C=CCOc1ccc(-c2nn(-c3ccccc3)cc2/C=C2\SC(=S)N(Cc3ccco3)C2=O)cc1. The van der Waals surface area contributed by atoms with Crippen LogP contribution in [0.1, 0.15) is 11.3 Å². The van der Waals surface area contributed by atoms with Gasteiger partial charge in [-0.1, -0.05) is 54.8 Å². The monoisotopic (exact) mass is 499 g/mol. The van der Waals surface area contributed by atoms with Crippen LogP contribution in [-0.2, 0) is 11.3 Å². The highest BCUT2D eigenvalue weighted by molar-refractivity contribution is 8.26. The van der Waals surface area contributed by atoms with Crippen molar-refractivity contribution in [2.45, 2.75) is 6.54 Å². The Hall–Kier alpha value is -3.88. The van der Waals surface area contributed by atoms with E-state index in [1.807, 2.05) is 77.6 Å². The van der Waals surface area contributed by atoms with Gasteiger partial charge < -0.3 is 9.15 Å². The van der Waals surface area contributed by atoms with E-state index in [1.54, 1.807) is 23.3 Å². The fraction of sp³-hybridized carbons (Fsp3) is 0.0741. The number of furan rings is 1. The molecule has 0 unspecified atom stereocenters. The zero-order valence-corrected chi connectivity index (χ0v) is 20.3. The van der Waals surface area contributed by atoms with Crippen LogP contribution < -0.4 is 4.74 Å². The summed E-state index contributed by atoms with van der Waals surface area (Å²) in [6.45, 7) is 4.42. The fourth-order valence-corrected chi connectivity index (χ4v) is 4.88. The van der Waals surface area contributed by atoms with Crippen molar-refractivity contribution >= 4 is 40.3 Å². The van der Waals surface area contributed by atoms with Crippen LogP contribution in [0.15, 0.2) is 101 Å². The van der Waals surface area contributed by atoms with Crippen LogP contribution in [0, 0.1) is 0 Å². The van der Waals surface area contributed by atoms with E-state index >= 15 is 0 Å². The van der Waals surface area contributed by atoms with Gasteiger partial charge in [-0.15, -0.1) is 0 Å². The maximum absolute atomic E-state index is 13.2. The molecule has 174 valence electrons. The molecule has 35 heavy (non-hydrogen) atoms. The summed E-state index contributed by atoms with van der Waals surface area (Å²) in [6.07, 6.45) is 7.06. The molecule has 1 aliphatic rings. The minimum atomic E-state index is -0.150.